The van der Waals surface area contributed by atoms with Crippen molar-refractivity contribution in [1.82, 2.24) is 35.8 Å². The fraction of sp³-hybridized carbons (Fsp3) is 0.378. The first-order valence-electron chi connectivity index (χ1n) is 17.0. The fourth-order valence-electron chi connectivity index (χ4n) is 5.78. The molecule has 4 aromatic rings. The minimum atomic E-state index is -1.32. The first-order chi connectivity index (χ1) is 25.1. The number of hydrogen-bond acceptors (Lipinski definition) is 10. The number of halogens is 1. The van der Waals surface area contributed by atoms with Crippen molar-refractivity contribution in [2.75, 3.05) is 40.5 Å². The van der Waals surface area contributed by atoms with E-state index < -0.39 is 41.7 Å². The van der Waals surface area contributed by atoms with Crippen LogP contribution in [0.2, 0.25) is 0 Å². The van der Waals surface area contributed by atoms with Gasteiger partial charge in [0.1, 0.15) is 30.3 Å². The third kappa shape index (κ3) is 10.3. The number of aliphatic hydroxyl groups is 1. The highest BCUT2D eigenvalue weighted by Crippen LogP contribution is 2.28. The second-order valence-electron chi connectivity index (χ2n) is 12.4. The van der Waals surface area contributed by atoms with Crippen LogP contribution in [0.25, 0.3) is 0 Å². The molecule has 2 aliphatic rings. The standard InChI is InChI=1S/C37H44FN7O7/c1-24(46)34-37(49)39-14-16-44(22-27-9-11-28(38)21-32(27)50-2)15-13-29-23-45(43-42-29)17-18-52-31-12-10-26(20-33(31)51-3)35(47)40-30(36(48)41-34)19-25-7-5-4-6-8-25/h4-12,20-21,23-24,30,34,46H,13-19,22H2,1-3H3,(H,39,49)(H,40,47)(H,41,48)/t24-,30-,34+/m1/s1. The van der Waals surface area contributed by atoms with Crippen molar-refractivity contribution in [3.05, 3.63) is 101 Å². The lowest BCUT2D eigenvalue weighted by atomic mass is 10.0. The Labute approximate surface area is 301 Å². The maximum Gasteiger partial charge on any atom is 0.252 e. The van der Waals surface area contributed by atoms with E-state index in [-0.39, 0.29) is 25.1 Å². The van der Waals surface area contributed by atoms with Crippen LogP contribution in [0.1, 0.15) is 34.1 Å². The molecule has 3 amide bonds. The number of nitrogens with one attached hydrogen (secondary N) is 3. The van der Waals surface area contributed by atoms with Gasteiger partial charge in [0.2, 0.25) is 11.8 Å². The van der Waals surface area contributed by atoms with Gasteiger partial charge in [0.05, 0.1) is 32.6 Å². The van der Waals surface area contributed by atoms with Gasteiger partial charge < -0.3 is 35.3 Å². The number of fused-ring (bicyclic) bond motifs is 16. The molecule has 0 fully saturated rings. The molecule has 14 nitrogen and oxygen atoms in total. The number of aliphatic hydroxyl groups excluding tert-OH is 1. The SMILES string of the molecule is COc1cc(F)ccc1CN1CCNC(=O)[C@H]([C@@H](C)O)NC(=O)[C@@H](Cc2ccccc2)NC(=O)c2ccc(c(OC)c2)OCCn2cc(nn2)CC1. The Morgan fingerprint density at radius 2 is 1.75 bits per heavy atom. The predicted molar refractivity (Wildman–Crippen MR) is 188 cm³/mol. The Morgan fingerprint density at radius 1 is 0.962 bits per heavy atom. The second kappa shape index (κ2) is 18.1. The van der Waals surface area contributed by atoms with Gasteiger partial charge >= 0.3 is 0 Å². The smallest absolute Gasteiger partial charge is 0.252 e. The Balaban J connectivity index is 1.42. The summed E-state index contributed by atoms with van der Waals surface area (Å²) < 4.78 is 32.5. The normalized spacial score (nSPS) is 18.8. The van der Waals surface area contributed by atoms with E-state index in [0.717, 1.165) is 16.8 Å². The zero-order valence-electron chi connectivity index (χ0n) is 29.4. The molecule has 2 aliphatic heterocycles. The number of carbonyl (C=O) groups is 3. The van der Waals surface area contributed by atoms with Gasteiger partial charge in [-0.05, 0) is 36.8 Å². The number of benzene rings is 3. The van der Waals surface area contributed by atoms with E-state index in [1.807, 2.05) is 41.4 Å². The van der Waals surface area contributed by atoms with Gasteiger partial charge in [-0.3, -0.25) is 19.3 Å². The zero-order valence-corrected chi connectivity index (χ0v) is 29.4. The number of ether oxygens (including phenoxy) is 3. The zero-order chi connectivity index (χ0) is 37.0. The van der Waals surface area contributed by atoms with E-state index in [2.05, 4.69) is 26.3 Å². The number of hydrogen-bond donors (Lipinski definition) is 4. The Morgan fingerprint density at radius 3 is 2.50 bits per heavy atom. The Kier molecular flexibility index (Phi) is 13.1. The molecule has 52 heavy (non-hydrogen) atoms. The lowest BCUT2D eigenvalue weighted by molar-refractivity contribution is -0.132. The highest BCUT2D eigenvalue weighted by molar-refractivity contribution is 5.99. The number of aromatic nitrogens is 3. The van der Waals surface area contributed by atoms with Crippen LogP contribution in [0.4, 0.5) is 4.39 Å². The summed E-state index contributed by atoms with van der Waals surface area (Å²) in [4.78, 5) is 42.8. The molecule has 15 heteroatoms. The van der Waals surface area contributed by atoms with Crippen molar-refractivity contribution in [3.8, 4) is 17.2 Å². The lowest BCUT2D eigenvalue weighted by Gasteiger charge is -2.26. The predicted octanol–water partition coefficient (Wildman–Crippen LogP) is 1.89. The Hall–Kier alpha value is -5.54. The summed E-state index contributed by atoms with van der Waals surface area (Å²) in [6.45, 7) is 3.43. The summed E-state index contributed by atoms with van der Waals surface area (Å²) in [6, 6.07) is 15.7. The lowest BCUT2D eigenvalue weighted by Crippen LogP contribution is -2.58. The van der Waals surface area contributed by atoms with Crippen LogP contribution in [-0.4, -0.2) is 101 Å². The highest BCUT2D eigenvalue weighted by atomic mass is 19.1. The molecule has 4 bridgehead atoms. The summed E-state index contributed by atoms with van der Waals surface area (Å²) in [5.74, 6) is -1.11. The maximum absolute atomic E-state index is 13.9. The van der Waals surface area contributed by atoms with E-state index in [1.165, 1.54) is 39.3 Å². The largest absolute Gasteiger partial charge is 0.496 e. The van der Waals surface area contributed by atoms with Gasteiger partial charge in [0, 0.05) is 62.4 Å². The topological polar surface area (TPSA) is 169 Å². The summed E-state index contributed by atoms with van der Waals surface area (Å²) in [5, 5.41) is 27.4. The number of carbonyl (C=O) groups excluding carboxylic acids is 3. The fourth-order valence-corrected chi connectivity index (χ4v) is 5.78. The van der Waals surface area contributed by atoms with Crippen molar-refractivity contribution < 1.29 is 38.1 Å². The van der Waals surface area contributed by atoms with Crippen molar-refractivity contribution in [3.63, 3.8) is 0 Å². The van der Waals surface area contributed by atoms with Gasteiger partial charge in [-0.15, -0.1) is 5.10 Å². The Bertz CT molecular complexity index is 1820. The van der Waals surface area contributed by atoms with Crippen molar-refractivity contribution in [1.29, 1.82) is 0 Å². The quantitative estimate of drug-likeness (QED) is 0.207. The average molecular weight is 718 g/mol. The molecule has 276 valence electrons. The first-order valence-corrected chi connectivity index (χ1v) is 17.0. The summed E-state index contributed by atoms with van der Waals surface area (Å²) in [7, 11) is 2.93. The van der Waals surface area contributed by atoms with Gasteiger partial charge in [0.25, 0.3) is 5.91 Å². The van der Waals surface area contributed by atoms with E-state index in [4.69, 9.17) is 14.2 Å². The van der Waals surface area contributed by atoms with E-state index in [9.17, 15) is 23.9 Å². The van der Waals surface area contributed by atoms with Crippen LogP contribution in [0.5, 0.6) is 17.2 Å². The molecule has 0 spiro atoms. The van der Waals surface area contributed by atoms with E-state index in [0.29, 0.717) is 49.8 Å². The molecule has 0 radical (unpaired) electrons. The number of amides is 3. The van der Waals surface area contributed by atoms with Crippen LogP contribution in [0.15, 0.2) is 72.9 Å². The van der Waals surface area contributed by atoms with Crippen molar-refractivity contribution in [2.45, 2.75) is 51.0 Å². The minimum Gasteiger partial charge on any atom is -0.496 e. The monoisotopic (exact) mass is 717 g/mol. The van der Waals surface area contributed by atoms with Crippen molar-refractivity contribution in [2.24, 2.45) is 0 Å². The molecular weight excluding hydrogens is 673 g/mol. The summed E-state index contributed by atoms with van der Waals surface area (Å²) in [5.41, 5.74) is 2.48. The van der Waals surface area contributed by atoms with E-state index >= 15 is 0 Å². The van der Waals surface area contributed by atoms with Gasteiger partial charge in [-0.25, -0.2) is 9.07 Å². The number of nitrogens with zero attached hydrogens (tertiary/aromatic N) is 4. The molecule has 0 saturated heterocycles. The van der Waals surface area contributed by atoms with Crippen LogP contribution in [0, 0.1) is 5.82 Å². The molecule has 6 rings (SSSR count). The molecule has 1 aromatic heterocycles. The van der Waals surface area contributed by atoms with Gasteiger partial charge in [0.15, 0.2) is 11.5 Å². The van der Waals surface area contributed by atoms with Crippen LogP contribution < -0.4 is 30.2 Å². The summed E-state index contributed by atoms with van der Waals surface area (Å²) >= 11 is 0. The molecule has 4 N–H and O–H groups in total. The second-order valence-corrected chi connectivity index (χ2v) is 12.4. The maximum atomic E-state index is 13.9. The molecular formula is C37H44FN7O7. The molecule has 0 saturated carbocycles. The van der Waals surface area contributed by atoms with Gasteiger partial charge in [-0.1, -0.05) is 41.6 Å². The third-order valence-electron chi connectivity index (χ3n) is 8.61. The number of methoxy groups -OCH3 is 2. The highest BCUT2D eigenvalue weighted by Gasteiger charge is 2.30. The molecule has 0 aliphatic carbocycles. The van der Waals surface area contributed by atoms with E-state index in [1.54, 1.807) is 22.9 Å². The molecule has 0 unspecified atom stereocenters. The van der Waals surface area contributed by atoms with Gasteiger partial charge in [-0.2, -0.15) is 0 Å². The molecule has 3 heterocycles. The van der Waals surface area contributed by atoms with Crippen LogP contribution in [0.3, 0.4) is 0 Å². The van der Waals surface area contributed by atoms with Crippen molar-refractivity contribution >= 4 is 17.7 Å². The molecule has 3 aromatic carbocycles. The molecule has 3 atom stereocenters. The van der Waals surface area contributed by atoms with Crippen LogP contribution in [-0.2, 0) is 35.5 Å². The first kappa shape index (κ1) is 37.7. The average Bonchev–Trinajstić information content (AvgIpc) is 3.60. The minimum absolute atomic E-state index is 0.122. The third-order valence-corrected chi connectivity index (χ3v) is 8.61. The van der Waals surface area contributed by atoms with Crippen LogP contribution >= 0.6 is 0 Å². The summed E-state index contributed by atoms with van der Waals surface area (Å²) in [6.07, 6.45) is 1.20. The number of rotatable bonds is 7.